The number of nitrogens with one attached hydrogen (secondary N) is 1. The average Bonchev–Trinajstić information content (AvgIpc) is 2.68. The normalized spacial score (nSPS) is 20.0. The number of nitrogens with zero attached hydrogens (tertiary/aromatic N) is 1. The number of amides is 1. The van der Waals surface area contributed by atoms with Crippen LogP contribution < -0.4 is 5.32 Å². The van der Waals surface area contributed by atoms with Gasteiger partial charge in [0.1, 0.15) is 0 Å². The molecule has 1 heterocycles. The lowest BCUT2D eigenvalue weighted by Gasteiger charge is -2.14. The van der Waals surface area contributed by atoms with Crippen molar-refractivity contribution >= 4 is 5.91 Å². The lowest BCUT2D eigenvalue weighted by Crippen LogP contribution is -2.36. The predicted octanol–water partition coefficient (Wildman–Crippen LogP) is 1.57. The smallest absolute Gasteiger partial charge is 0.239 e. The number of benzene rings is 1. The molecule has 0 bridgehead atoms. The fraction of sp³-hybridized carbons (Fsp3) is 0.500. The van der Waals surface area contributed by atoms with Gasteiger partial charge in [0.05, 0.1) is 6.04 Å². The molecule has 1 aromatic carbocycles. The summed E-state index contributed by atoms with van der Waals surface area (Å²) in [5, 5.41) is 3.36. The Morgan fingerprint density at radius 3 is 2.65 bits per heavy atom. The summed E-state index contributed by atoms with van der Waals surface area (Å²) in [6, 6.07) is 8.41. The minimum atomic E-state index is 0.00455. The fourth-order valence-corrected chi connectivity index (χ4v) is 2.32. The standard InChI is InChI=1S/C14H20N2O/c1-3-11-6-4-5-7-12(11)10-15-13-8-9-16(2)14(13)17/h4-7,13,15H,3,8-10H2,1-2H3. The van der Waals surface area contributed by atoms with Crippen LogP contribution in [0.5, 0.6) is 0 Å². The first-order valence-corrected chi connectivity index (χ1v) is 6.27. The Hall–Kier alpha value is -1.35. The Bertz CT molecular complexity index is 403. The van der Waals surface area contributed by atoms with E-state index < -0.39 is 0 Å². The van der Waals surface area contributed by atoms with E-state index in [1.54, 1.807) is 4.90 Å². The van der Waals surface area contributed by atoms with Gasteiger partial charge in [0.2, 0.25) is 5.91 Å². The highest BCUT2D eigenvalue weighted by Gasteiger charge is 2.28. The third kappa shape index (κ3) is 2.67. The van der Waals surface area contributed by atoms with E-state index in [0.29, 0.717) is 0 Å². The largest absolute Gasteiger partial charge is 0.344 e. The van der Waals surface area contributed by atoms with Crippen LogP contribution >= 0.6 is 0 Å². The zero-order valence-electron chi connectivity index (χ0n) is 10.6. The van der Waals surface area contributed by atoms with E-state index in [1.807, 2.05) is 7.05 Å². The minimum absolute atomic E-state index is 0.00455. The van der Waals surface area contributed by atoms with Crippen LogP contribution in [0.25, 0.3) is 0 Å². The second-order valence-electron chi connectivity index (χ2n) is 4.60. The SMILES string of the molecule is CCc1ccccc1CNC1CCN(C)C1=O. The first kappa shape index (κ1) is 12.1. The zero-order chi connectivity index (χ0) is 12.3. The Labute approximate surface area is 103 Å². The molecule has 3 nitrogen and oxygen atoms in total. The summed E-state index contributed by atoms with van der Waals surface area (Å²) in [6.45, 7) is 3.81. The maximum absolute atomic E-state index is 11.7. The molecule has 1 aliphatic heterocycles. The first-order chi connectivity index (χ1) is 8.22. The van der Waals surface area contributed by atoms with Crippen molar-refractivity contribution in [1.29, 1.82) is 0 Å². The molecule has 1 saturated heterocycles. The van der Waals surface area contributed by atoms with Gasteiger partial charge < -0.3 is 10.2 Å². The van der Waals surface area contributed by atoms with Crippen molar-refractivity contribution in [2.24, 2.45) is 0 Å². The Balaban J connectivity index is 1.96. The predicted molar refractivity (Wildman–Crippen MR) is 68.7 cm³/mol. The van der Waals surface area contributed by atoms with Crippen LogP contribution in [0, 0.1) is 0 Å². The monoisotopic (exact) mass is 232 g/mol. The highest BCUT2D eigenvalue weighted by Crippen LogP contribution is 2.12. The van der Waals surface area contributed by atoms with Crippen molar-refractivity contribution in [3.63, 3.8) is 0 Å². The third-order valence-corrected chi connectivity index (χ3v) is 3.47. The first-order valence-electron chi connectivity index (χ1n) is 6.27. The van der Waals surface area contributed by atoms with Crippen LogP contribution in [0.3, 0.4) is 0 Å². The van der Waals surface area contributed by atoms with Gasteiger partial charge in [-0.25, -0.2) is 0 Å². The topological polar surface area (TPSA) is 32.3 Å². The number of hydrogen-bond acceptors (Lipinski definition) is 2. The van der Waals surface area contributed by atoms with E-state index in [-0.39, 0.29) is 11.9 Å². The number of likely N-dealkylation sites (N-methyl/N-ethyl adjacent to an activating group) is 1. The van der Waals surface area contributed by atoms with Crippen molar-refractivity contribution < 1.29 is 4.79 Å². The Morgan fingerprint density at radius 2 is 2.06 bits per heavy atom. The van der Waals surface area contributed by atoms with E-state index in [2.05, 4.69) is 36.5 Å². The molecule has 1 unspecified atom stereocenters. The van der Waals surface area contributed by atoms with Gasteiger partial charge in [-0.1, -0.05) is 31.2 Å². The Morgan fingerprint density at radius 1 is 1.35 bits per heavy atom. The summed E-state index contributed by atoms with van der Waals surface area (Å²) in [5.41, 5.74) is 2.66. The molecule has 1 amide bonds. The fourth-order valence-electron chi connectivity index (χ4n) is 2.32. The van der Waals surface area contributed by atoms with Crippen LogP contribution in [-0.2, 0) is 17.8 Å². The van der Waals surface area contributed by atoms with E-state index >= 15 is 0 Å². The second kappa shape index (κ2) is 5.32. The molecule has 92 valence electrons. The molecule has 17 heavy (non-hydrogen) atoms. The van der Waals surface area contributed by atoms with Crippen LogP contribution in [0.2, 0.25) is 0 Å². The lowest BCUT2D eigenvalue weighted by atomic mass is 10.1. The summed E-state index contributed by atoms with van der Waals surface area (Å²) in [5.74, 6) is 0.221. The van der Waals surface area contributed by atoms with Crippen molar-refractivity contribution in [1.82, 2.24) is 10.2 Å². The van der Waals surface area contributed by atoms with Crippen LogP contribution in [-0.4, -0.2) is 30.4 Å². The van der Waals surface area contributed by atoms with Gasteiger partial charge >= 0.3 is 0 Å². The van der Waals surface area contributed by atoms with Crippen molar-refractivity contribution in [2.75, 3.05) is 13.6 Å². The number of carbonyl (C=O) groups excluding carboxylic acids is 1. The van der Waals surface area contributed by atoms with Gasteiger partial charge in [-0.3, -0.25) is 4.79 Å². The highest BCUT2D eigenvalue weighted by molar-refractivity contribution is 5.83. The third-order valence-electron chi connectivity index (χ3n) is 3.47. The van der Waals surface area contributed by atoms with Crippen LogP contribution in [0.15, 0.2) is 24.3 Å². The van der Waals surface area contributed by atoms with Gasteiger partial charge in [0.15, 0.2) is 0 Å². The molecule has 1 fully saturated rings. The van der Waals surface area contributed by atoms with Gasteiger partial charge in [0, 0.05) is 20.1 Å². The molecule has 1 aromatic rings. The van der Waals surface area contributed by atoms with E-state index in [9.17, 15) is 4.79 Å². The number of likely N-dealkylation sites (tertiary alicyclic amines) is 1. The van der Waals surface area contributed by atoms with E-state index in [1.165, 1.54) is 11.1 Å². The quantitative estimate of drug-likeness (QED) is 0.854. The molecule has 1 N–H and O–H groups in total. The maximum Gasteiger partial charge on any atom is 0.239 e. The summed E-state index contributed by atoms with van der Waals surface area (Å²) in [6.07, 6.45) is 1.96. The molecule has 2 rings (SSSR count). The molecule has 0 saturated carbocycles. The van der Waals surface area contributed by atoms with E-state index in [0.717, 1.165) is 25.9 Å². The molecular weight excluding hydrogens is 212 g/mol. The number of aryl methyl sites for hydroxylation is 1. The molecule has 0 radical (unpaired) electrons. The summed E-state index contributed by atoms with van der Waals surface area (Å²) in [4.78, 5) is 13.5. The number of hydrogen-bond donors (Lipinski definition) is 1. The highest BCUT2D eigenvalue weighted by atomic mass is 16.2. The van der Waals surface area contributed by atoms with Crippen LogP contribution in [0.1, 0.15) is 24.5 Å². The summed E-state index contributed by atoms with van der Waals surface area (Å²) >= 11 is 0. The van der Waals surface area contributed by atoms with Crippen LogP contribution in [0.4, 0.5) is 0 Å². The van der Waals surface area contributed by atoms with E-state index in [4.69, 9.17) is 0 Å². The molecule has 0 aromatic heterocycles. The van der Waals surface area contributed by atoms with Crippen molar-refractivity contribution in [3.05, 3.63) is 35.4 Å². The van der Waals surface area contributed by atoms with Crippen molar-refractivity contribution in [2.45, 2.75) is 32.4 Å². The number of carbonyl (C=O) groups is 1. The number of rotatable bonds is 4. The van der Waals surface area contributed by atoms with Crippen molar-refractivity contribution in [3.8, 4) is 0 Å². The van der Waals surface area contributed by atoms with Gasteiger partial charge in [-0.05, 0) is 24.0 Å². The zero-order valence-corrected chi connectivity index (χ0v) is 10.6. The minimum Gasteiger partial charge on any atom is -0.344 e. The maximum atomic E-state index is 11.7. The molecule has 3 heteroatoms. The van der Waals surface area contributed by atoms with Gasteiger partial charge in [0.25, 0.3) is 0 Å². The Kier molecular flexibility index (Phi) is 3.79. The summed E-state index contributed by atoms with van der Waals surface area (Å²) < 4.78 is 0. The lowest BCUT2D eigenvalue weighted by molar-refractivity contribution is -0.128. The molecular formula is C14H20N2O. The molecule has 0 aliphatic carbocycles. The summed E-state index contributed by atoms with van der Waals surface area (Å²) in [7, 11) is 1.87. The average molecular weight is 232 g/mol. The molecule has 0 spiro atoms. The molecule has 1 aliphatic rings. The second-order valence-corrected chi connectivity index (χ2v) is 4.60. The molecule has 1 atom stereocenters. The van der Waals surface area contributed by atoms with Gasteiger partial charge in [-0.2, -0.15) is 0 Å². The van der Waals surface area contributed by atoms with Gasteiger partial charge in [-0.15, -0.1) is 0 Å².